The molecule has 1 aliphatic rings. The molecule has 17 heavy (non-hydrogen) atoms. The first-order valence-electron chi connectivity index (χ1n) is 6.48. The quantitative estimate of drug-likeness (QED) is 0.895. The van der Waals surface area contributed by atoms with Crippen LogP contribution in [0.25, 0.3) is 0 Å². The Bertz CT molecular complexity index is 383. The molecule has 1 N–H and O–H groups in total. The molecular weight excluding hydrogens is 236 g/mol. The average Bonchev–Trinajstić information content (AvgIpc) is 2.87. The molecule has 2 rings (SSSR count). The largest absolute Gasteiger partial charge is 0.386 e. The van der Waals surface area contributed by atoms with E-state index < -0.39 is 6.10 Å². The lowest BCUT2D eigenvalue weighted by Crippen LogP contribution is -2.25. The van der Waals surface area contributed by atoms with Crippen LogP contribution < -0.4 is 0 Å². The molecule has 0 amide bonds. The molecule has 1 aliphatic carbocycles. The van der Waals surface area contributed by atoms with Gasteiger partial charge in [-0.2, -0.15) is 5.10 Å². The molecule has 1 saturated carbocycles. The summed E-state index contributed by atoms with van der Waals surface area (Å²) in [5.74, 6) is 0. The van der Waals surface area contributed by atoms with E-state index in [0.29, 0.717) is 5.02 Å². The second kappa shape index (κ2) is 4.99. The second-order valence-corrected chi connectivity index (χ2v) is 5.77. The minimum atomic E-state index is -0.494. The molecule has 0 radical (unpaired) electrons. The number of hydrogen-bond donors (Lipinski definition) is 1. The third-order valence-corrected chi connectivity index (χ3v) is 4.22. The Balaban J connectivity index is 2.29. The number of aromatic nitrogens is 2. The smallest absolute Gasteiger partial charge is 0.102 e. The van der Waals surface area contributed by atoms with Crippen LogP contribution in [-0.2, 0) is 6.54 Å². The lowest BCUT2D eigenvalue weighted by molar-refractivity contribution is 0.0335. The third-order valence-electron chi connectivity index (χ3n) is 3.93. The maximum absolute atomic E-state index is 10.6. The van der Waals surface area contributed by atoms with Crippen LogP contribution in [0, 0.1) is 5.41 Å². The lowest BCUT2D eigenvalue weighted by atomic mass is 9.81. The average molecular weight is 257 g/mol. The predicted molar refractivity (Wildman–Crippen MR) is 69.1 cm³/mol. The van der Waals surface area contributed by atoms with E-state index in [-0.39, 0.29) is 5.41 Å². The van der Waals surface area contributed by atoms with Gasteiger partial charge >= 0.3 is 0 Å². The van der Waals surface area contributed by atoms with Gasteiger partial charge in [-0.15, -0.1) is 0 Å². The van der Waals surface area contributed by atoms with Gasteiger partial charge in [0.2, 0.25) is 0 Å². The molecule has 1 heterocycles. The van der Waals surface area contributed by atoms with Gasteiger partial charge in [-0.1, -0.05) is 38.3 Å². The zero-order valence-electron chi connectivity index (χ0n) is 10.6. The fourth-order valence-corrected chi connectivity index (χ4v) is 3.06. The van der Waals surface area contributed by atoms with Crippen molar-refractivity contribution in [3.8, 4) is 0 Å². The van der Waals surface area contributed by atoms with E-state index in [4.69, 9.17) is 11.6 Å². The maximum atomic E-state index is 10.6. The van der Waals surface area contributed by atoms with Crippen LogP contribution in [0.1, 0.15) is 57.7 Å². The summed E-state index contributed by atoms with van der Waals surface area (Å²) < 4.78 is 1.86. The minimum Gasteiger partial charge on any atom is -0.386 e. The number of aliphatic hydroxyl groups excluding tert-OH is 1. The Hall–Kier alpha value is -0.540. The molecule has 1 aromatic rings. The normalized spacial score (nSPS) is 20.7. The summed E-state index contributed by atoms with van der Waals surface area (Å²) in [4.78, 5) is 0. The van der Waals surface area contributed by atoms with Crippen LogP contribution >= 0.6 is 11.6 Å². The van der Waals surface area contributed by atoms with Gasteiger partial charge in [-0.3, -0.25) is 4.68 Å². The van der Waals surface area contributed by atoms with Gasteiger partial charge in [0.15, 0.2) is 0 Å². The third kappa shape index (κ3) is 2.36. The fraction of sp³-hybridized carbons (Fsp3) is 0.769. The minimum absolute atomic E-state index is 0.0326. The Kier molecular flexibility index (Phi) is 3.79. The molecule has 1 unspecified atom stereocenters. The van der Waals surface area contributed by atoms with Crippen LogP contribution in [0.15, 0.2) is 6.20 Å². The van der Waals surface area contributed by atoms with E-state index >= 15 is 0 Å². The highest BCUT2D eigenvalue weighted by Gasteiger charge is 2.39. The number of aliphatic hydroxyl groups is 1. The SMILES string of the molecule is CCCn1ncc(Cl)c1C(O)C1(C)CCCC1. The first kappa shape index (κ1) is 12.9. The first-order valence-corrected chi connectivity index (χ1v) is 6.85. The summed E-state index contributed by atoms with van der Waals surface area (Å²) in [6.45, 7) is 5.07. The van der Waals surface area contributed by atoms with Crippen molar-refractivity contribution in [1.29, 1.82) is 0 Å². The van der Waals surface area contributed by atoms with Gasteiger partial charge in [0, 0.05) is 6.54 Å². The van der Waals surface area contributed by atoms with Crippen LogP contribution in [0.5, 0.6) is 0 Å². The fourth-order valence-electron chi connectivity index (χ4n) is 2.82. The topological polar surface area (TPSA) is 38.0 Å². The Morgan fingerprint density at radius 3 is 2.76 bits per heavy atom. The van der Waals surface area contributed by atoms with Gasteiger partial charge in [-0.05, 0) is 24.7 Å². The van der Waals surface area contributed by atoms with E-state index in [1.54, 1.807) is 6.20 Å². The maximum Gasteiger partial charge on any atom is 0.102 e. The highest BCUT2D eigenvalue weighted by molar-refractivity contribution is 6.31. The summed E-state index contributed by atoms with van der Waals surface area (Å²) in [7, 11) is 0. The van der Waals surface area contributed by atoms with Crippen LogP contribution in [-0.4, -0.2) is 14.9 Å². The van der Waals surface area contributed by atoms with Crippen molar-refractivity contribution in [1.82, 2.24) is 9.78 Å². The van der Waals surface area contributed by atoms with Crippen molar-refractivity contribution >= 4 is 11.6 Å². The summed E-state index contributed by atoms with van der Waals surface area (Å²) in [6, 6.07) is 0. The van der Waals surface area contributed by atoms with Crippen molar-refractivity contribution in [3.05, 3.63) is 16.9 Å². The number of nitrogens with zero attached hydrogens (tertiary/aromatic N) is 2. The molecule has 1 fully saturated rings. The summed E-state index contributed by atoms with van der Waals surface area (Å²) >= 11 is 6.17. The molecule has 0 saturated heterocycles. The zero-order valence-corrected chi connectivity index (χ0v) is 11.4. The molecule has 0 aliphatic heterocycles. The number of halogens is 1. The van der Waals surface area contributed by atoms with Crippen LogP contribution in [0.2, 0.25) is 5.02 Å². The summed E-state index contributed by atoms with van der Waals surface area (Å²) in [5, 5.41) is 15.5. The highest BCUT2D eigenvalue weighted by Crippen LogP contribution is 2.48. The summed E-state index contributed by atoms with van der Waals surface area (Å²) in [5.41, 5.74) is 0.771. The van der Waals surface area contributed by atoms with Crippen LogP contribution in [0.4, 0.5) is 0 Å². The number of rotatable bonds is 4. The standard InChI is InChI=1S/C13H21ClN2O/c1-3-8-16-11(10(14)9-15-16)12(17)13(2)6-4-5-7-13/h9,12,17H,3-8H2,1-2H3. The molecule has 0 spiro atoms. The van der Waals surface area contributed by atoms with Crippen molar-refractivity contribution in [2.24, 2.45) is 5.41 Å². The molecule has 3 nitrogen and oxygen atoms in total. The van der Waals surface area contributed by atoms with Crippen molar-refractivity contribution in [2.75, 3.05) is 0 Å². The lowest BCUT2D eigenvalue weighted by Gasteiger charge is -2.30. The molecule has 0 bridgehead atoms. The van der Waals surface area contributed by atoms with Crippen molar-refractivity contribution in [2.45, 2.75) is 58.6 Å². The van der Waals surface area contributed by atoms with Crippen molar-refractivity contribution in [3.63, 3.8) is 0 Å². The van der Waals surface area contributed by atoms with E-state index in [2.05, 4.69) is 18.9 Å². The predicted octanol–water partition coefficient (Wildman–Crippen LogP) is 3.56. The van der Waals surface area contributed by atoms with Crippen molar-refractivity contribution < 1.29 is 5.11 Å². The Morgan fingerprint density at radius 1 is 1.53 bits per heavy atom. The Labute approximate surface area is 108 Å². The zero-order chi connectivity index (χ0) is 12.5. The van der Waals surface area contributed by atoms with Gasteiger partial charge < -0.3 is 5.11 Å². The first-order chi connectivity index (χ1) is 8.08. The van der Waals surface area contributed by atoms with Gasteiger partial charge in [0.05, 0.1) is 16.9 Å². The van der Waals surface area contributed by atoms with E-state index in [0.717, 1.165) is 31.5 Å². The summed E-state index contributed by atoms with van der Waals surface area (Å²) in [6.07, 6.45) is 6.69. The molecule has 96 valence electrons. The highest BCUT2D eigenvalue weighted by atomic mass is 35.5. The molecule has 4 heteroatoms. The van der Waals surface area contributed by atoms with E-state index in [9.17, 15) is 5.11 Å². The second-order valence-electron chi connectivity index (χ2n) is 5.36. The van der Waals surface area contributed by atoms with E-state index in [1.807, 2.05) is 4.68 Å². The van der Waals surface area contributed by atoms with E-state index in [1.165, 1.54) is 12.8 Å². The van der Waals surface area contributed by atoms with Gasteiger partial charge in [0.1, 0.15) is 6.10 Å². The molecular formula is C13H21ClN2O. The number of aryl methyl sites for hydroxylation is 1. The van der Waals surface area contributed by atoms with Crippen LogP contribution in [0.3, 0.4) is 0 Å². The van der Waals surface area contributed by atoms with Gasteiger partial charge in [0.25, 0.3) is 0 Å². The van der Waals surface area contributed by atoms with Gasteiger partial charge in [-0.25, -0.2) is 0 Å². The molecule has 0 aromatic carbocycles. The molecule has 1 aromatic heterocycles. The monoisotopic (exact) mass is 256 g/mol. The number of hydrogen-bond acceptors (Lipinski definition) is 2. The molecule has 1 atom stereocenters. The Morgan fingerprint density at radius 2 is 2.18 bits per heavy atom.